The number of carboxylic acid groups (broad SMARTS) is 1. The number of carbonyl (C=O) groups excluding carboxylic acids is 1. The molecule has 1 aromatic rings. The minimum atomic E-state index is -3.63. The Morgan fingerprint density at radius 1 is 1.20 bits per heavy atom. The summed E-state index contributed by atoms with van der Waals surface area (Å²) < 4.78 is 27.1. The van der Waals surface area contributed by atoms with Gasteiger partial charge in [-0.05, 0) is 38.0 Å². The van der Waals surface area contributed by atoms with E-state index >= 15 is 0 Å². The Balaban J connectivity index is 2.17. The topological polar surface area (TPSA) is 104 Å². The molecule has 2 rings (SSSR count). The van der Waals surface area contributed by atoms with Gasteiger partial charge in [-0.25, -0.2) is 8.42 Å². The number of aliphatic carboxylic acids is 1. The second-order valence-corrected chi connectivity index (χ2v) is 8.26. The van der Waals surface area contributed by atoms with Crippen LogP contribution in [0.25, 0.3) is 0 Å². The molecule has 1 atom stereocenters. The molecule has 7 nitrogen and oxygen atoms in total. The highest BCUT2D eigenvalue weighted by atomic mass is 32.2. The Hall–Kier alpha value is -1.93. The summed E-state index contributed by atoms with van der Waals surface area (Å²) in [5.74, 6) is -1.49. The van der Waals surface area contributed by atoms with Crippen molar-refractivity contribution in [3.63, 3.8) is 0 Å². The predicted molar refractivity (Wildman–Crippen MR) is 92.8 cm³/mol. The van der Waals surface area contributed by atoms with E-state index in [4.69, 9.17) is 5.11 Å². The van der Waals surface area contributed by atoms with Crippen molar-refractivity contribution in [2.75, 3.05) is 13.1 Å². The van der Waals surface area contributed by atoms with E-state index in [9.17, 15) is 18.0 Å². The monoisotopic (exact) mass is 368 g/mol. The van der Waals surface area contributed by atoms with Crippen LogP contribution in [0.3, 0.4) is 0 Å². The first-order valence-electron chi connectivity index (χ1n) is 8.43. The molecule has 1 saturated heterocycles. The van der Waals surface area contributed by atoms with E-state index in [1.54, 1.807) is 6.92 Å². The number of carbonyl (C=O) groups is 2. The highest BCUT2D eigenvalue weighted by Crippen LogP contribution is 2.21. The first kappa shape index (κ1) is 19.4. The average Bonchev–Trinajstić information content (AvgIpc) is 2.84. The van der Waals surface area contributed by atoms with Crippen LogP contribution in [0.4, 0.5) is 0 Å². The van der Waals surface area contributed by atoms with Gasteiger partial charge in [0.15, 0.2) is 0 Å². The normalized spacial score (nSPS) is 17.5. The van der Waals surface area contributed by atoms with E-state index in [0.717, 1.165) is 25.7 Å². The summed E-state index contributed by atoms with van der Waals surface area (Å²) in [6.07, 6.45) is 3.53. The molecule has 1 fully saturated rings. The van der Waals surface area contributed by atoms with Gasteiger partial charge in [-0.15, -0.1) is 0 Å². The third-order valence-corrected chi connectivity index (χ3v) is 6.05. The lowest BCUT2D eigenvalue weighted by molar-refractivity contribution is -0.137. The molecule has 0 aliphatic carbocycles. The van der Waals surface area contributed by atoms with Crippen molar-refractivity contribution < 1.29 is 23.1 Å². The van der Waals surface area contributed by atoms with Crippen LogP contribution in [-0.2, 0) is 14.8 Å². The Bertz CT molecular complexity index is 724. The molecule has 138 valence electrons. The lowest BCUT2D eigenvalue weighted by Gasteiger charge is -2.20. The van der Waals surface area contributed by atoms with E-state index in [-0.39, 0.29) is 16.9 Å². The van der Waals surface area contributed by atoms with Crippen molar-refractivity contribution in [1.82, 2.24) is 9.62 Å². The van der Waals surface area contributed by atoms with E-state index in [2.05, 4.69) is 5.32 Å². The molecular formula is C17H24N2O5S. The molecule has 1 aromatic carbocycles. The summed E-state index contributed by atoms with van der Waals surface area (Å²) in [4.78, 5) is 23.0. The summed E-state index contributed by atoms with van der Waals surface area (Å²) in [6, 6.07) is 5.34. The fraction of sp³-hybridized carbons (Fsp3) is 0.529. The van der Waals surface area contributed by atoms with Gasteiger partial charge >= 0.3 is 5.97 Å². The zero-order valence-electron chi connectivity index (χ0n) is 14.3. The Kier molecular flexibility index (Phi) is 6.55. The van der Waals surface area contributed by atoms with Crippen LogP contribution in [0, 0.1) is 0 Å². The van der Waals surface area contributed by atoms with Crippen LogP contribution in [-0.4, -0.2) is 48.8 Å². The molecule has 0 bridgehead atoms. The maximum absolute atomic E-state index is 12.8. The summed E-state index contributed by atoms with van der Waals surface area (Å²) in [5.41, 5.74) is 0.202. The molecule has 25 heavy (non-hydrogen) atoms. The van der Waals surface area contributed by atoms with Crippen molar-refractivity contribution in [2.24, 2.45) is 0 Å². The molecule has 1 heterocycles. The number of rotatable bonds is 6. The van der Waals surface area contributed by atoms with Crippen molar-refractivity contribution in [1.29, 1.82) is 0 Å². The van der Waals surface area contributed by atoms with Crippen molar-refractivity contribution in [3.8, 4) is 0 Å². The minimum absolute atomic E-state index is 0.0907. The highest BCUT2D eigenvalue weighted by Gasteiger charge is 2.26. The zero-order valence-corrected chi connectivity index (χ0v) is 15.1. The first-order valence-corrected chi connectivity index (χ1v) is 9.87. The van der Waals surface area contributed by atoms with Gasteiger partial charge in [0.05, 0.1) is 11.3 Å². The van der Waals surface area contributed by atoms with Crippen molar-refractivity contribution in [2.45, 2.75) is 50.0 Å². The van der Waals surface area contributed by atoms with Crippen LogP contribution >= 0.6 is 0 Å². The van der Waals surface area contributed by atoms with E-state index in [0.29, 0.717) is 13.1 Å². The lowest BCUT2D eigenvalue weighted by Crippen LogP contribution is -2.34. The van der Waals surface area contributed by atoms with Crippen molar-refractivity contribution >= 4 is 21.9 Å². The number of hydrogen-bond donors (Lipinski definition) is 2. The number of sulfonamides is 1. The fourth-order valence-corrected chi connectivity index (χ4v) is 4.41. The third-order valence-electron chi connectivity index (χ3n) is 4.16. The maximum atomic E-state index is 12.8. The van der Waals surface area contributed by atoms with Crippen LogP contribution in [0.1, 0.15) is 49.4 Å². The molecule has 2 N–H and O–H groups in total. The molecule has 0 spiro atoms. The molecule has 8 heteroatoms. The van der Waals surface area contributed by atoms with Gasteiger partial charge in [0.2, 0.25) is 10.0 Å². The summed E-state index contributed by atoms with van der Waals surface area (Å²) in [6.45, 7) is 2.58. The highest BCUT2D eigenvalue weighted by molar-refractivity contribution is 7.89. The van der Waals surface area contributed by atoms with Crippen molar-refractivity contribution in [3.05, 3.63) is 29.8 Å². The first-order chi connectivity index (χ1) is 11.8. The molecule has 1 unspecified atom stereocenters. The molecule has 0 radical (unpaired) electrons. The molecule has 1 aliphatic rings. The minimum Gasteiger partial charge on any atom is -0.481 e. The largest absolute Gasteiger partial charge is 0.481 e. The number of amides is 1. The Morgan fingerprint density at radius 2 is 1.84 bits per heavy atom. The Morgan fingerprint density at radius 3 is 2.44 bits per heavy atom. The SMILES string of the molecule is CC(CC(=O)O)NC(=O)c1cccc(S(=O)(=O)N2CCCCCC2)c1. The van der Waals surface area contributed by atoms with Gasteiger partial charge in [-0.1, -0.05) is 18.9 Å². The van der Waals surface area contributed by atoms with Crippen LogP contribution in [0.5, 0.6) is 0 Å². The second-order valence-electron chi connectivity index (χ2n) is 6.32. The number of nitrogens with zero attached hydrogens (tertiary/aromatic N) is 1. The van der Waals surface area contributed by atoms with Gasteiger partial charge in [0, 0.05) is 24.7 Å². The van der Waals surface area contributed by atoms with Crippen LogP contribution in [0.2, 0.25) is 0 Å². The molecule has 1 amide bonds. The molecular weight excluding hydrogens is 344 g/mol. The van der Waals surface area contributed by atoms with E-state index < -0.39 is 27.9 Å². The van der Waals surface area contributed by atoms with Gasteiger partial charge < -0.3 is 10.4 Å². The van der Waals surface area contributed by atoms with Gasteiger partial charge in [-0.2, -0.15) is 4.31 Å². The van der Waals surface area contributed by atoms with Gasteiger partial charge in [0.1, 0.15) is 0 Å². The third kappa shape index (κ3) is 5.27. The Labute approximate surface area is 148 Å². The maximum Gasteiger partial charge on any atom is 0.305 e. The molecule has 1 aliphatic heterocycles. The van der Waals surface area contributed by atoms with E-state index in [1.807, 2.05) is 0 Å². The zero-order chi connectivity index (χ0) is 18.4. The average molecular weight is 368 g/mol. The number of hydrogen-bond acceptors (Lipinski definition) is 4. The summed E-state index contributed by atoms with van der Waals surface area (Å²) in [5, 5.41) is 11.3. The standard InChI is InChI=1S/C17H24N2O5S/c1-13(11-16(20)21)18-17(22)14-7-6-8-15(12-14)25(23,24)19-9-4-2-3-5-10-19/h6-8,12-13H,2-5,9-11H2,1H3,(H,18,22)(H,20,21). The molecule has 0 saturated carbocycles. The predicted octanol–water partition coefficient (Wildman–Crippen LogP) is 1.84. The van der Waals surface area contributed by atoms with Crippen LogP contribution in [0.15, 0.2) is 29.2 Å². The number of carboxylic acids is 1. The second kappa shape index (κ2) is 8.44. The van der Waals surface area contributed by atoms with Gasteiger partial charge in [0.25, 0.3) is 5.91 Å². The lowest BCUT2D eigenvalue weighted by atomic mass is 10.2. The quantitative estimate of drug-likeness (QED) is 0.797. The molecule has 0 aromatic heterocycles. The smallest absolute Gasteiger partial charge is 0.305 e. The summed E-state index contributed by atoms with van der Waals surface area (Å²) in [7, 11) is -3.63. The van der Waals surface area contributed by atoms with E-state index in [1.165, 1.54) is 28.6 Å². The number of nitrogens with one attached hydrogen (secondary N) is 1. The van der Waals surface area contributed by atoms with Gasteiger partial charge in [-0.3, -0.25) is 9.59 Å². The summed E-state index contributed by atoms with van der Waals surface area (Å²) >= 11 is 0. The fourth-order valence-electron chi connectivity index (χ4n) is 2.85. The number of benzene rings is 1. The van der Waals surface area contributed by atoms with Crippen LogP contribution < -0.4 is 5.32 Å².